The number of hydrogen-bond donors (Lipinski definition) is 1. The maximum absolute atomic E-state index is 13.0. The van der Waals surface area contributed by atoms with Crippen molar-refractivity contribution in [3.05, 3.63) is 48.0 Å². The lowest BCUT2D eigenvalue weighted by atomic mass is 10.3. The van der Waals surface area contributed by atoms with Crippen LogP contribution in [0.3, 0.4) is 0 Å². The highest BCUT2D eigenvalue weighted by molar-refractivity contribution is 5.54. The van der Waals surface area contributed by atoms with E-state index >= 15 is 0 Å². The van der Waals surface area contributed by atoms with E-state index in [0.717, 1.165) is 5.69 Å². The van der Waals surface area contributed by atoms with Crippen LogP contribution >= 0.6 is 0 Å². The first-order valence-electron chi connectivity index (χ1n) is 4.81. The first kappa shape index (κ1) is 10.4. The van der Waals surface area contributed by atoms with Crippen LogP contribution in [0, 0.1) is 12.7 Å². The maximum atomic E-state index is 13.0. The number of aryl methyl sites for hydroxylation is 1. The van der Waals surface area contributed by atoms with Crippen molar-refractivity contribution in [3.63, 3.8) is 0 Å². The Morgan fingerprint density at radius 3 is 2.81 bits per heavy atom. The molecule has 2 rings (SSSR count). The second-order valence-electron chi connectivity index (χ2n) is 3.37. The number of nitrogens with zero attached hydrogens (tertiary/aromatic N) is 1. The molecule has 82 valence electrons. The Morgan fingerprint density at radius 2 is 2.06 bits per heavy atom. The Labute approximate surface area is 92.7 Å². The van der Waals surface area contributed by atoms with Gasteiger partial charge in [0.05, 0.1) is 11.4 Å². The quantitative estimate of drug-likeness (QED) is 0.788. The zero-order valence-electron chi connectivity index (χ0n) is 8.77. The van der Waals surface area contributed by atoms with Crippen molar-refractivity contribution in [1.82, 2.24) is 4.98 Å². The topological polar surface area (TPSA) is 48.1 Å². The fourth-order valence-corrected chi connectivity index (χ4v) is 1.29. The van der Waals surface area contributed by atoms with Gasteiger partial charge in [-0.15, -0.1) is 0 Å². The third-order valence-electron chi connectivity index (χ3n) is 2.15. The molecule has 0 saturated heterocycles. The van der Waals surface area contributed by atoms with E-state index in [2.05, 4.69) is 4.98 Å². The van der Waals surface area contributed by atoms with Crippen LogP contribution in [-0.4, -0.2) is 4.98 Å². The van der Waals surface area contributed by atoms with Crippen molar-refractivity contribution in [1.29, 1.82) is 0 Å². The summed E-state index contributed by atoms with van der Waals surface area (Å²) in [6, 6.07) is 7.51. The number of halogens is 1. The summed E-state index contributed by atoms with van der Waals surface area (Å²) in [5, 5.41) is 0. The molecule has 0 saturated carbocycles. The van der Waals surface area contributed by atoms with Gasteiger partial charge in [-0.1, -0.05) is 0 Å². The molecule has 1 heterocycles. The maximum Gasteiger partial charge on any atom is 0.153 e. The average molecular weight is 218 g/mol. The number of pyridine rings is 1. The Bertz CT molecular complexity index is 514. The predicted molar refractivity (Wildman–Crippen MR) is 59.9 cm³/mol. The van der Waals surface area contributed by atoms with Crippen LogP contribution in [-0.2, 0) is 0 Å². The van der Waals surface area contributed by atoms with Crippen molar-refractivity contribution in [2.24, 2.45) is 0 Å². The molecule has 1 aromatic carbocycles. The number of anilines is 1. The largest absolute Gasteiger partial charge is 0.453 e. The lowest BCUT2D eigenvalue weighted by molar-refractivity contribution is 0.472. The smallest absolute Gasteiger partial charge is 0.153 e. The average Bonchev–Trinajstić information content (AvgIpc) is 2.27. The minimum absolute atomic E-state index is 0.302. The van der Waals surface area contributed by atoms with Crippen LogP contribution in [0.2, 0.25) is 0 Å². The van der Waals surface area contributed by atoms with Crippen LogP contribution in [0.5, 0.6) is 11.5 Å². The van der Waals surface area contributed by atoms with Gasteiger partial charge in [0.2, 0.25) is 0 Å². The summed E-state index contributed by atoms with van der Waals surface area (Å²) in [7, 11) is 0. The number of benzene rings is 1. The van der Waals surface area contributed by atoms with Gasteiger partial charge in [-0.25, -0.2) is 4.39 Å². The summed E-state index contributed by atoms with van der Waals surface area (Å²) >= 11 is 0. The molecule has 0 aliphatic rings. The minimum atomic E-state index is -0.384. The van der Waals surface area contributed by atoms with Crippen molar-refractivity contribution in [3.8, 4) is 11.5 Å². The molecule has 0 aliphatic heterocycles. The van der Waals surface area contributed by atoms with Crippen LogP contribution < -0.4 is 10.5 Å². The van der Waals surface area contributed by atoms with Gasteiger partial charge in [0.15, 0.2) is 5.75 Å². The van der Waals surface area contributed by atoms with Crippen LogP contribution in [0.1, 0.15) is 5.69 Å². The number of nitrogen functional groups attached to an aromatic ring is 1. The van der Waals surface area contributed by atoms with E-state index in [4.69, 9.17) is 10.5 Å². The second kappa shape index (κ2) is 4.18. The highest BCUT2D eigenvalue weighted by Gasteiger charge is 2.06. The van der Waals surface area contributed by atoms with E-state index in [1.807, 2.05) is 6.92 Å². The molecule has 3 nitrogen and oxygen atoms in total. The lowest BCUT2D eigenvalue weighted by Crippen LogP contribution is -1.95. The molecule has 0 fully saturated rings. The van der Waals surface area contributed by atoms with E-state index in [9.17, 15) is 4.39 Å². The van der Waals surface area contributed by atoms with Crippen molar-refractivity contribution < 1.29 is 9.13 Å². The summed E-state index contributed by atoms with van der Waals surface area (Å²) in [6.07, 6.45) is 1.66. The SMILES string of the molecule is Cc1ncccc1Oc1cc(F)ccc1N. The molecule has 1 aromatic heterocycles. The number of rotatable bonds is 2. The van der Waals surface area contributed by atoms with Gasteiger partial charge in [-0.2, -0.15) is 0 Å². The molecule has 16 heavy (non-hydrogen) atoms. The lowest BCUT2D eigenvalue weighted by Gasteiger charge is -2.09. The van der Waals surface area contributed by atoms with Crippen molar-refractivity contribution in [2.45, 2.75) is 6.92 Å². The molecular formula is C12H11FN2O. The van der Waals surface area contributed by atoms with E-state index < -0.39 is 0 Å². The second-order valence-corrected chi connectivity index (χ2v) is 3.37. The molecule has 0 amide bonds. The fourth-order valence-electron chi connectivity index (χ4n) is 1.29. The Hall–Kier alpha value is -2.10. The third kappa shape index (κ3) is 2.11. The molecule has 0 spiro atoms. The zero-order chi connectivity index (χ0) is 11.5. The number of nitrogens with two attached hydrogens (primary N) is 1. The van der Waals surface area contributed by atoms with E-state index in [1.54, 1.807) is 18.3 Å². The van der Waals surface area contributed by atoms with E-state index in [0.29, 0.717) is 17.2 Å². The van der Waals surface area contributed by atoms with Crippen LogP contribution in [0.25, 0.3) is 0 Å². The summed E-state index contributed by atoms with van der Waals surface area (Å²) in [5.74, 6) is 0.488. The standard InChI is InChI=1S/C12H11FN2O/c1-8-11(3-2-6-15-8)16-12-7-9(13)4-5-10(12)14/h2-7H,14H2,1H3. The Morgan fingerprint density at radius 1 is 1.25 bits per heavy atom. The Balaban J connectivity index is 2.34. The van der Waals surface area contributed by atoms with Crippen molar-refractivity contribution in [2.75, 3.05) is 5.73 Å². The van der Waals surface area contributed by atoms with Gasteiger partial charge in [-0.05, 0) is 31.2 Å². The summed E-state index contributed by atoms with van der Waals surface area (Å²) in [5.41, 5.74) is 6.80. The molecular weight excluding hydrogens is 207 g/mol. The van der Waals surface area contributed by atoms with Crippen LogP contribution in [0.15, 0.2) is 36.5 Å². The highest BCUT2D eigenvalue weighted by atomic mass is 19.1. The molecule has 0 bridgehead atoms. The first-order chi connectivity index (χ1) is 7.66. The number of hydrogen-bond acceptors (Lipinski definition) is 3. The third-order valence-corrected chi connectivity index (χ3v) is 2.15. The summed E-state index contributed by atoms with van der Waals surface area (Å²) < 4.78 is 18.5. The Kier molecular flexibility index (Phi) is 2.72. The monoisotopic (exact) mass is 218 g/mol. The zero-order valence-corrected chi connectivity index (χ0v) is 8.77. The van der Waals surface area contributed by atoms with Gasteiger partial charge < -0.3 is 10.5 Å². The van der Waals surface area contributed by atoms with E-state index in [-0.39, 0.29) is 5.82 Å². The van der Waals surface area contributed by atoms with Crippen LogP contribution in [0.4, 0.5) is 10.1 Å². The number of aromatic nitrogens is 1. The molecule has 0 atom stereocenters. The molecule has 0 unspecified atom stereocenters. The van der Waals surface area contributed by atoms with Crippen molar-refractivity contribution >= 4 is 5.69 Å². The molecule has 0 radical (unpaired) electrons. The van der Waals surface area contributed by atoms with Gasteiger partial charge in [0.25, 0.3) is 0 Å². The normalized spacial score (nSPS) is 10.1. The fraction of sp³-hybridized carbons (Fsp3) is 0.0833. The summed E-state index contributed by atoms with van der Waals surface area (Å²) in [6.45, 7) is 1.81. The first-order valence-corrected chi connectivity index (χ1v) is 4.81. The van der Waals surface area contributed by atoms with Gasteiger partial charge >= 0.3 is 0 Å². The van der Waals surface area contributed by atoms with Gasteiger partial charge in [-0.3, -0.25) is 4.98 Å². The molecule has 4 heteroatoms. The predicted octanol–water partition coefficient (Wildman–Crippen LogP) is 2.90. The van der Waals surface area contributed by atoms with E-state index in [1.165, 1.54) is 18.2 Å². The minimum Gasteiger partial charge on any atom is -0.453 e. The molecule has 0 aliphatic carbocycles. The van der Waals surface area contributed by atoms with Gasteiger partial charge in [0.1, 0.15) is 11.6 Å². The number of ether oxygens (including phenoxy) is 1. The highest BCUT2D eigenvalue weighted by Crippen LogP contribution is 2.29. The van der Waals surface area contributed by atoms with Gasteiger partial charge in [0, 0.05) is 12.3 Å². The molecule has 2 N–H and O–H groups in total. The molecule has 2 aromatic rings. The summed E-state index contributed by atoms with van der Waals surface area (Å²) in [4.78, 5) is 4.07.